The van der Waals surface area contributed by atoms with E-state index < -0.39 is 11.8 Å². The van der Waals surface area contributed by atoms with Crippen LogP contribution in [0.2, 0.25) is 5.02 Å². The van der Waals surface area contributed by atoms with Gasteiger partial charge < -0.3 is 0 Å². The maximum Gasteiger partial charge on any atom is 0.270 e. The molecule has 23 heavy (non-hydrogen) atoms. The van der Waals surface area contributed by atoms with E-state index >= 15 is 0 Å². The summed E-state index contributed by atoms with van der Waals surface area (Å²) in [5, 5.41) is 3.04. The maximum absolute atomic E-state index is 12.7. The highest BCUT2D eigenvalue weighted by atomic mass is 35.5. The molecular weight excluding hydrogens is 332 g/mol. The highest BCUT2D eigenvalue weighted by Gasteiger charge is 2.34. The van der Waals surface area contributed by atoms with Gasteiger partial charge in [-0.15, -0.1) is 0 Å². The summed E-state index contributed by atoms with van der Waals surface area (Å²) in [7, 11) is 0. The minimum atomic E-state index is -0.512. The first-order valence-corrected chi connectivity index (χ1v) is 7.57. The molecule has 3 rings (SSSR count). The number of hydrogen-bond donors (Lipinski definition) is 1. The SMILES string of the molecule is O=C1NC(=S)N(c2cccc(Cl)c2)C(=O)/C1=C/c1ccccc1. The van der Waals surface area contributed by atoms with E-state index in [1.807, 2.05) is 30.3 Å². The highest BCUT2D eigenvalue weighted by Crippen LogP contribution is 2.24. The second kappa shape index (κ2) is 6.32. The molecule has 1 heterocycles. The number of anilines is 1. The Kier molecular flexibility index (Phi) is 4.23. The van der Waals surface area contributed by atoms with Crippen molar-refractivity contribution >= 4 is 52.5 Å². The molecule has 1 aliphatic rings. The summed E-state index contributed by atoms with van der Waals surface area (Å²) in [6, 6.07) is 15.9. The van der Waals surface area contributed by atoms with Crippen molar-refractivity contribution < 1.29 is 9.59 Å². The topological polar surface area (TPSA) is 49.4 Å². The van der Waals surface area contributed by atoms with Gasteiger partial charge in [0.05, 0.1) is 5.69 Å². The summed E-state index contributed by atoms with van der Waals surface area (Å²) < 4.78 is 0. The molecule has 0 bridgehead atoms. The summed E-state index contributed by atoms with van der Waals surface area (Å²) in [6.07, 6.45) is 1.54. The minimum absolute atomic E-state index is 0.0183. The first-order chi connectivity index (χ1) is 11.1. The van der Waals surface area contributed by atoms with Crippen molar-refractivity contribution in [3.8, 4) is 0 Å². The molecule has 2 amide bonds. The Balaban J connectivity index is 2.03. The Hall–Kier alpha value is -2.50. The molecule has 0 unspecified atom stereocenters. The summed E-state index contributed by atoms with van der Waals surface area (Å²) in [5.41, 5.74) is 1.28. The molecule has 6 heteroatoms. The molecular formula is C17H11ClN2O2S. The van der Waals surface area contributed by atoms with Crippen molar-refractivity contribution in [3.63, 3.8) is 0 Å². The van der Waals surface area contributed by atoms with Crippen LogP contribution in [-0.4, -0.2) is 16.9 Å². The Bertz CT molecular complexity index is 833. The van der Waals surface area contributed by atoms with Crippen LogP contribution < -0.4 is 10.2 Å². The zero-order valence-electron chi connectivity index (χ0n) is 11.8. The average Bonchev–Trinajstić information content (AvgIpc) is 2.52. The lowest BCUT2D eigenvalue weighted by Crippen LogP contribution is -2.54. The number of hydrogen-bond acceptors (Lipinski definition) is 3. The zero-order chi connectivity index (χ0) is 16.4. The van der Waals surface area contributed by atoms with Crippen LogP contribution in [0, 0.1) is 0 Å². The van der Waals surface area contributed by atoms with Crippen LogP contribution in [0.5, 0.6) is 0 Å². The number of carbonyl (C=O) groups excluding carboxylic acids is 2. The molecule has 0 saturated carbocycles. The van der Waals surface area contributed by atoms with E-state index in [9.17, 15) is 9.59 Å². The molecule has 1 aliphatic heterocycles. The molecule has 1 N–H and O–H groups in total. The van der Waals surface area contributed by atoms with Gasteiger partial charge in [0.25, 0.3) is 11.8 Å². The second-order valence-electron chi connectivity index (χ2n) is 4.85. The van der Waals surface area contributed by atoms with Gasteiger partial charge in [-0.3, -0.25) is 19.8 Å². The van der Waals surface area contributed by atoms with Crippen LogP contribution in [-0.2, 0) is 9.59 Å². The van der Waals surface area contributed by atoms with Gasteiger partial charge in [-0.25, -0.2) is 0 Å². The van der Waals surface area contributed by atoms with E-state index in [1.165, 1.54) is 11.0 Å². The number of carbonyl (C=O) groups is 2. The fraction of sp³-hybridized carbons (Fsp3) is 0. The van der Waals surface area contributed by atoms with Gasteiger partial charge in [0.1, 0.15) is 5.57 Å². The maximum atomic E-state index is 12.7. The Morgan fingerprint density at radius 2 is 1.78 bits per heavy atom. The molecule has 0 atom stereocenters. The first-order valence-electron chi connectivity index (χ1n) is 6.78. The number of amides is 2. The molecule has 0 aliphatic carbocycles. The summed E-state index contributed by atoms with van der Waals surface area (Å²) in [4.78, 5) is 26.1. The summed E-state index contributed by atoms with van der Waals surface area (Å²) >= 11 is 11.1. The quantitative estimate of drug-likeness (QED) is 0.518. The third-order valence-corrected chi connectivity index (χ3v) is 3.80. The van der Waals surface area contributed by atoms with Gasteiger partial charge in [-0.05, 0) is 42.1 Å². The summed E-state index contributed by atoms with van der Waals surface area (Å²) in [5.74, 6) is -0.994. The molecule has 0 radical (unpaired) electrons. The third kappa shape index (κ3) is 3.16. The standard InChI is InChI=1S/C17H11ClN2O2S/c18-12-7-4-8-13(10-12)20-16(22)14(15(21)19-17(20)23)9-11-5-2-1-3-6-11/h1-10H,(H,19,21,23)/b14-9+. The second-order valence-corrected chi connectivity index (χ2v) is 5.67. The van der Waals surface area contributed by atoms with Gasteiger partial charge >= 0.3 is 0 Å². The van der Waals surface area contributed by atoms with E-state index in [2.05, 4.69) is 5.32 Å². The lowest BCUT2D eigenvalue weighted by Gasteiger charge is -2.29. The van der Waals surface area contributed by atoms with Crippen LogP contribution in [0.4, 0.5) is 5.69 Å². The normalized spacial score (nSPS) is 16.7. The predicted molar refractivity (Wildman–Crippen MR) is 94.1 cm³/mol. The molecule has 114 valence electrons. The molecule has 1 saturated heterocycles. The molecule has 0 spiro atoms. The molecule has 0 aromatic heterocycles. The number of nitrogens with one attached hydrogen (secondary N) is 1. The minimum Gasteiger partial charge on any atom is -0.298 e. The number of rotatable bonds is 2. The van der Waals surface area contributed by atoms with Gasteiger partial charge in [-0.1, -0.05) is 48.0 Å². The van der Waals surface area contributed by atoms with E-state index in [4.69, 9.17) is 23.8 Å². The smallest absolute Gasteiger partial charge is 0.270 e. The number of halogens is 1. The van der Waals surface area contributed by atoms with Crippen molar-refractivity contribution in [3.05, 3.63) is 70.8 Å². The summed E-state index contributed by atoms with van der Waals surface area (Å²) in [6.45, 7) is 0. The Labute approximate surface area is 143 Å². The number of nitrogens with zero attached hydrogens (tertiary/aromatic N) is 1. The van der Waals surface area contributed by atoms with Gasteiger partial charge in [0.15, 0.2) is 5.11 Å². The van der Waals surface area contributed by atoms with Crippen LogP contribution in [0.25, 0.3) is 6.08 Å². The lowest BCUT2D eigenvalue weighted by atomic mass is 10.1. The van der Waals surface area contributed by atoms with E-state index in [1.54, 1.807) is 24.3 Å². The average molecular weight is 343 g/mol. The molecule has 2 aromatic carbocycles. The van der Waals surface area contributed by atoms with Crippen LogP contribution in [0.15, 0.2) is 60.2 Å². The monoisotopic (exact) mass is 342 g/mol. The molecule has 4 nitrogen and oxygen atoms in total. The van der Waals surface area contributed by atoms with Crippen molar-refractivity contribution in [1.29, 1.82) is 0 Å². The highest BCUT2D eigenvalue weighted by molar-refractivity contribution is 7.80. The van der Waals surface area contributed by atoms with Gasteiger partial charge in [0, 0.05) is 5.02 Å². The van der Waals surface area contributed by atoms with Crippen LogP contribution in [0.3, 0.4) is 0 Å². The largest absolute Gasteiger partial charge is 0.298 e. The van der Waals surface area contributed by atoms with E-state index in [0.29, 0.717) is 10.7 Å². The Morgan fingerprint density at radius 1 is 1.04 bits per heavy atom. The fourth-order valence-electron chi connectivity index (χ4n) is 2.22. The number of thiocarbonyl (C=S) groups is 1. The van der Waals surface area contributed by atoms with Gasteiger partial charge in [-0.2, -0.15) is 0 Å². The van der Waals surface area contributed by atoms with Crippen LogP contribution in [0.1, 0.15) is 5.56 Å². The molecule has 1 fully saturated rings. The van der Waals surface area contributed by atoms with Crippen LogP contribution >= 0.6 is 23.8 Å². The zero-order valence-corrected chi connectivity index (χ0v) is 13.4. The van der Waals surface area contributed by atoms with Crippen molar-refractivity contribution in [2.75, 3.05) is 4.90 Å². The predicted octanol–water partition coefficient (Wildman–Crippen LogP) is 3.17. The van der Waals surface area contributed by atoms with E-state index in [-0.39, 0.29) is 10.7 Å². The Morgan fingerprint density at radius 3 is 2.48 bits per heavy atom. The van der Waals surface area contributed by atoms with Crippen molar-refractivity contribution in [1.82, 2.24) is 5.32 Å². The molecule has 2 aromatic rings. The van der Waals surface area contributed by atoms with Crippen molar-refractivity contribution in [2.24, 2.45) is 0 Å². The van der Waals surface area contributed by atoms with E-state index in [0.717, 1.165) is 5.56 Å². The third-order valence-electron chi connectivity index (χ3n) is 3.28. The van der Waals surface area contributed by atoms with Crippen molar-refractivity contribution in [2.45, 2.75) is 0 Å². The number of benzene rings is 2. The van der Waals surface area contributed by atoms with Gasteiger partial charge in [0.2, 0.25) is 0 Å². The first kappa shape index (κ1) is 15.4. The lowest BCUT2D eigenvalue weighted by molar-refractivity contribution is -0.122. The fourth-order valence-corrected chi connectivity index (χ4v) is 2.69.